The van der Waals surface area contributed by atoms with Gasteiger partial charge in [0, 0.05) is 12.4 Å². The molecule has 0 saturated heterocycles. The average Bonchev–Trinajstić information content (AvgIpc) is 2.44. The van der Waals surface area contributed by atoms with Crippen LogP contribution in [0.2, 0.25) is 0 Å². The Kier molecular flexibility index (Phi) is 6.20. The largest absolute Gasteiger partial charge is 0.396 e. The van der Waals surface area contributed by atoms with Gasteiger partial charge in [-0.25, -0.2) is 0 Å². The molecule has 2 atom stereocenters. The summed E-state index contributed by atoms with van der Waals surface area (Å²) in [5.74, 6) is 1.79. The van der Waals surface area contributed by atoms with Crippen LogP contribution in [-0.4, -0.2) is 30.3 Å². The van der Waals surface area contributed by atoms with Crippen LogP contribution >= 0.6 is 11.8 Å². The molecule has 0 radical (unpaired) electrons. The summed E-state index contributed by atoms with van der Waals surface area (Å²) in [5, 5.41) is 21.6. The molecular weight excluding hydrogens is 244 g/mol. The van der Waals surface area contributed by atoms with Crippen molar-refractivity contribution in [1.29, 1.82) is 5.26 Å². The minimum Gasteiger partial charge on any atom is -0.396 e. The molecule has 0 saturated carbocycles. The molecule has 18 heavy (non-hydrogen) atoms. The molecule has 1 aromatic carbocycles. The maximum atomic E-state index is 9.48. The molecule has 0 aromatic heterocycles. The molecule has 0 bridgehead atoms. The Labute approximate surface area is 113 Å². The number of nitrogens with zero attached hydrogens (tertiary/aromatic N) is 1. The Balaban J connectivity index is 2.73. The van der Waals surface area contributed by atoms with Gasteiger partial charge in [-0.05, 0) is 24.3 Å². The van der Waals surface area contributed by atoms with Crippen LogP contribution in [-0.2, 0) is 5.54 Å². The van der Waals surface area contributed by atoms with E-state index in [2.05, 4.69) is 11.4 Å². The monoisotopic (exact) mass is 264 g/mol. The van der Waals surface area contributed by atoms with Gasteiger partial charge in [-0.3, -0.25) is 5.32 Å². The number of rotatable bonds is 7. The van der Waals surface area contributed by atoms with E-state index in [1.54, 1.807) is 11.8 Å². The first-order chi connectivity index (χ1) is 8.68. The minimum atomic E-state index is -0.652. The molecule has 0 fully saturated rings. The van der Waals surface area contributed by atoms with E-state index in [9.17, 15) is 5.26 Å². The van der Waals surface area contributed by atoms with Crippen molar-refractivity contribution in [2.24, 2.45) is 5.92 Å². The number of thioether (sulfide) groups is 1. The van der Waals surface area contributed by atoms with Crippen molar-refractivity contribution in [3.05, 3.63) is 35.9 Å². The molecule has 4 heteroatoms. The zero-order valence-electron chi connectivity index (χ0n) is 10.9. The first kappa shape index (κ1) is 15.0. The van der Waals surface area contributed by atoms with Gasteiger partial charge in [-0.15, -0.1) is 0 Å². The molecule has 1 aromatic rings. The lowest BCUT2D eigenvalue weighted by Crippen LogP contribution is -2.41. The maximum Gasteiger partial charge on any atom is 0.141 e. The van der Waals surface area contributed by atoms with Gasteiger partial charge in [0.05, 0.1) is 6.07 Å². The van der Waals surface area contributed by atoms with Crippen molar-refractivity contribution in [2.45, 2.75) is 12.5 Å². The van der Waals surface area contributed by atoms with E-state index in [4.69, 9.17) is 5.11 Å². The fourth-order valence-electron chi connectivity index (χ4n) is 1.64. The third kappa shape index (κ3) is 3.74. The zero-order chi connectivity index (χ0) is 13.4. The lowest BCUT2D eigenvalue weighted by Gasteiger charge is -2.26. The molecular formula is C14H20N2OS. The van der Waals surface area contributed by atoms with Gasteiger partial charge < -0.3 is 5.11 Å². The molecule has 0 spiro atoms. The van der Waals surface area contributed by atoms with Crippen LogP contribution in [0.4, 0.5) is 0 Å². The fraction of sp³-hybridized carbons (Fsp3) is 0.500. The van der Waals surface area contributed by atoms with E-state index in [1.807, 2.05) is 44.3 Å². The minimum absolute atomic E-state index is 0.192. The summed E-state index contributed by atoms with van der Waals surface area (Å²) in [4.78, 5) is 0. The number of aliphatic hydroxyl groups excluding tert-OH is 1. The van der Waals surface area contributed by atoms with Crippen molar-refractivity contribution in [3.8, 4) is 6.07 Å². The predicted octanol–water partition coefficient (Wildman–Crippen LogP) is 1.99. The lowest BCUT2D eigenvalue weighted by atomic mass is 9.94. The number of hydrogen-bond acceptors (Lipinski definition) is 4. The zero-order valence-corrected chi connectivity index (χ0v) is 11.7. The quantitative estimate of drug-likeness (QED) is 0.791. The Bertz CT molecular complexity index is 391. The Morgan fingerprint density at radius 2 is 2.11 bits per heavy atom. The average molecular weight is 264 g/mol. The van der Waals surface area contributed by atoms with E-state index < -0.39 is 5.54 Å². The van der Waals surface area contributed by atoms with Crippen molar-refractivity contribution in [1.82, 2.24) is 5.32 Å². The Morgan fingerprint density at radius 3 is 2.61 bits per heavy atom. The summed E-state index contributed by atoms with van der Waals surface area (Å²) in [5.41, 5.74) is 0.334. The molecule has 0 heterocycles. The summed E-state index contributed by atoms with van der Waals surface area (Å²) >= 11 is 1.69. The molecule has 2 N–H and O–H groups in total. The number of aliphatic hydroxyl groups is 1. The molecule has 0 aliphatic carbocycles. The van der Waals surface area contributed by atoms with E-state index in [-0.39, 0.29) is 12.5 Å². The van der Waals surface area contributed by atoms with Crippen LogP contribution < -0.4 is 5.32 Å². The Morgan fingerprint density at radius 1 is 1.44 bits per heavy atom. The number of hydrogen-bond donors (Lipinski definition) is 2. The van der Waals surface area contributed by atoms with E-state index in [0.29, 0.717) is 5.75 Å². The van der Waals surface area contributed by atoms with E-state index in [0.717, 1.165) is 11.3 Å². The molecule has 0 aliphatic rings. The van der Waals surface area contributed by atoms with Crippen molar-refractivity contribution >= 4 is 11.8 Å². The lowest BCUT2D eigenvalue weighted by molar-refractivity contribution is 0.250. The second-order valence-electron chi connectivity index (χ2n) is 4.44. The van der Waals surface area contributed by atoms with E-state index >= 15 is 0 Å². The molecule has 98 valence electrons. The molecule has 1 rings (SSSR count). The fourth-order valence-corrected chi connectivity index (χ4v) is 2.95. The maximum absolute atomic E-state index is 9.48. The standard InChI is InChI=1S/C14H20N2OS/c1-12(8-17)9-18-11-14(10-15,16-2)13-6-4-3-5-7-13/h3-7,12,16-17H,8-9,11H2,1-2H3. The molecule has 0 amide bonds. The van der Waals surface area contributed by atoms with Gasteiger partial charge in [0.25, 0.3) is 0 Å². The highest BCUT2D eigenvalue weighted by Crippen LogP contribution is 2.25. The van der Waals surface area contributed by atoms with Gasteiger partial charge >= 0.3 is 0 Å². The van der Waals surface area contributed by atoms with Crippen molar-refractivity contribution in [3.63, 3.8) is 0 Å². The van der Waals surface area contributed by atoms with Crippen molar-refractivity contribution < 1.29 is 5.11 Å². The highest BCUT2D eigenvalue weighted by molar-refractivity contribution is 7.99. The second kappa shape index (κ2) is 7.42. The normalized spacial score (nSPS) is 15.7. The highest BCUT2D eigenvalue weighted by Gasteiger charge is 2.30. The highest BCUT2D eigenvalue weighted by atomic mass is 32.2. The summed E-state index contributed by atoms with van der Waals surface area (Å²) in [6.07, 6.45) is 0. The third-order valence-electron chi connectivity index (χ3n) is 2.92. The van der Waals surface area contributed by atoms with Crippen LogP contribution in [0.15, 0.2) is 30.3 Å². The second-order valence-corrected chi connectivity index (χ2v) is 5.47. The summed E-state index contributed by atoms with van der Waals surface area (Å²) in [7, 11) is 1.81. The van der Waals surface area contributed by atoms with E-state index in [1.165, 1.54) is 0 Å². The summed E-state index contributed by atoms with van der Waals surface area (Å²) in [6, 6.07) is 12.2. The molecule has 0 aliphatic heterocycles. The molecule has 2 unspecified atom stereocenters. The topological polar surface area (TPSA) is 56.0 Å². The first-order valence-electron chi connectivity index (χ1n) is 6.03. The van der Waals surface area contributed by atoms with Crippen LogP contribution in [0.3, 0.4) is 0 Å². The number of nitriles is 1. The first-order valence-corrected chi connectivity index (χ1v) is 7.18. The van der Waals surface area contributed by atoms with Crippen molar-refractivity contribution in [2.75, 3.05) is 25.2 Å². The summed E-state index contributed by atoms with van der Waals surface area (Å²) in [6.45, 7) is 2.19. The van der Waals surface area contributed by atoms with Gasteiger partial charge in [0.15, 0.2) is 0 Å². The molecule has 3 nitrogen and oxygen atoms in total. The van der Waals surface area contributed by atoms with Crippen LogP contribution in [0.1, 0.15) is 12.5 Å². The van der Waals surface area contributed by atoms with Crippen LogP contribution in [0.25, 0.3) is 0 Å². The van der Waals surface area contributed by atoms with Gasteiger partial charge in [-0.1, -0.05) is 37.3 Å². The predicted molar refractivity (Wildman–Crippen MR) is 76.4 cm³/mol. The number of benzene rings is 1. The summed E-state index contributed by atoms with van der Waals surface area (Å²) < 4.78 is 0. The SMILES string of the molecule is CNC(C#N)(CSCC(C)CO)c1ccccc1. The Hall–Kier alpha value is -1.02. The smallest absolute Gasteiger partial charge is 0.141 e. The van der Waals surface area contributed by atoms with Gasteiger partial charge in [-0.2, -0.15) is 17.0 Å². The van der Waals surface area contributed by atoms with Crippen LogP contribution in [0, 0.1) is 17.2 Å². The van der Waals surface area contributed by atoms with Crippen LogP contribution in [0.5, 0.6) is 0 Å². The number of nitrogens with one attached hydrogen (secondary N) is 1. The van der Waals surface area contributed by atoms with Gasteiger partial charge in [0.1, 0.15) is 5.54 Å². The van der Waals surface area contributed by atoms with Gasteiger partial charge in [0.2, 0.25) is 0 Å². The third-order valence-corrected chi connectivity index (χ3v) is 4.36.